The molecule has 0 bridgehead atoms. The van der Waals surface area contributed by atoms with E-state index in [0.29, 0.717) is 17.4 Å². The van der Waals surface area contributed by atoms with Gasteiger partial charge >= 0.3 is 7.12 Å². The number of ether oxygens (including phenoxy) is 1. The molecule has 1 N–H and O–H groups in total. The molecule has 0 aliphatic carbocycles. The standard InChI is InChI=1S/C16H24BClN2O3/c1-15(2)16(3,4)23-17(22-15)12(9-19-5)7-11-8-13(18)10-20-14(11)21-6/h7-8,10,19H,9H2,1-6H3. The monoisotopic (exact) mass is 338 g/mol. The molecule has 1 aliphatic heterocycles. The summed E-state index contributed by atoms with van der Waals surface area (Å²) in [6.07, 6.45) is 3.51. The van der Waals surface area contributed by atoms with Crippen LogP contribution in [0.4, 0.5) is 0 Å². The van der Waals surface area contributed by atoms with E-state index in [0.717, 1.165) is 11.0 Å². The number of hydrogen-bond acceptors (Lipinski definition) is 5. The average Bonchev–Trinajstić information content (AvgIpc) is 2.67. The second-order valence-corrected chi connectivity index (χ2v) is 7.03. The van der Waals surface area contributed by atoms with E-state index in [4.69, 9.17) is 25.6 Å². The number of nitrogens with zero attached hydrogens (tertiary/aromatic N) is 1. The zero-order chi connectivity index (χ0) is 17.3. The number of hydrogen-bond donors (Lipinski definition) is 1. The van der Waals surface area contributed by atoms with Crippen molar-refractivity contribution in [1.29, 1.82) is 0 Å². The van der Waals surface area contributed by atoms with Crippen molar-refractivity contribution < 1.29 is 14.0 Å². The van der Waals surface area contributed by atoms with Crippen LogP contribution in [0.3, 0.4) is 0 Å². The van der Waals surface area contributed by atoms with Gasteiger partial charge in [0.1, 0.15) is 0 Å². The van der Waals surface area contributed by atoms with Gasteiger partial charge in [-0.1, -0.05) is 17.7 Å². The molecule has 0 radical (unpaired) electrons. The van der Waals surface area contributed by atoms with Crippen LogP contribution in [0.25, 0.3) is 6.08 Å². The van der Waals surface area contributed by atoms with Crippen molar-refractivity contribution in [2.24, 2.45) is 0 Å². The molecule has 2 rings (SSSR count). The third-order valence-corrected chi connectivity index (χ3v) is 4.52. The lowest BCUT2D eigenvalue weighted by Crippen LogP contribution is -2.41. The molecule has 5 nitrogen and oxygen atoms in total. The molecule has 1 fully saturated rings. The van der Waals surface area contributed by atoms with Gasteiger partial charge in [0.05, 0.1) is 23.3 Å². The van der Waals surface area contributed by atoms with Gasteiger partial charge in [-0.25, -0.2) is 4.98 Å². The van der Waals surface area contributed by atoms with E-state index in [1.165, 1.54) is 0 Å². The first kappa shape index (κ1) is 18.3. The Hall–Kier alpha value is -1.08. The highest BCUT2D eigenvalue weighted by Crippen LogP contribution is 2.39. The Morgan fingerprint density at radius 2 is 1.96 bits per heavy atom. The molecule has 1 aromatic heterocycles. The molecule has 0 amide bonds. The van der Waals surface area contributed by atoms with Crippen molar-refractivity contribution in [1.82, 2.24) is 10.3 Å². The minimum absolute atomic E-state index is 0.388. The maximum Gasteiger partial charge on any atom is 0.491 e. The zero-order valence-corrected chi connectivity index (χ0v) is 15.3. The lowest BCUT2D eigenvalue weighted by atomic mass is 9.77. The van der Waals surface area contributed by atoms with Crippen LogP contribution in [-0.2, 0) is 9.31 Å². The Morgan fingerprint density at radius 3 is 2.48 bits per heavy atom. The Bertz CT molecular complexity index is 589. The first-order chi connectivity index (χ1) is 10.7. The summed E-state index contributed by atoms with van der Waals surface area (Å²) in [4.78, 5) is 4.19. The largest absolute Gasteiger partial charge is 0.491 e. The van der Waals surface area contributed by atoms with Crippen molar-refractivity contribution >= 4 is 24.8 Å². The number of nitrogens with one attached hydrogen (secondary N) is 1. The lowest BCUT2D eigenvalue weighted by molar-refractivity contribution is 0.00578. The molecule has 7 heteroatoms. The molecule has 0 spiro atoms. The van der Waals surface area contributed by atoms with Crippen LogP contribution in [-0.4, -0.2) is 44.0 Å². The second-order valence-electron chi connectivity index (χ2n) is 6.59. The van der Waals surface area contributed by atoms with Gasteiger partial charge in [0.25, 0.3) is 0 Å². The summed E-state index contributed by atoms with van der Waals surface area (Å²) in [5.41, 5.74) is 0.969. The Morgan fingerprint density at radius 1 is 1.35 bits per heavy atom. The number of aromatic nitrogens is 1. The van der Waals surface area contributed by atoms with Crippen molar-refractivity contribution in [2.75, 3.05) is 20.7 Å². The topological polar surface area (TPSA) is 52.6 Å². The summed E-state index contributed by atoms with van der Waals surface area (Å²) in [6, 6.07) is 1.81. The summed E-state index contributed by atoms with van der Waals surface area (Å²) in [5.74, 6) is 0.513. The molecule has 126 valence electrons. The quantitative estimate of drug-likeness (QED) is 0.837. The summed E-state index contributed by atoms with van der Waals surface area (Å²) in [5, 5.41) is 3.70. The molecule has 0 atom stereocenters. The van der Waals surface area contributed by atoms with Gasteiger partial charge in [-0.3, -0.25) is 0 Å². The van der Waals surface area contributed by atoms with Crippen molar-refractivity contribution in [3.8, 4) is 5.88 Å². The van der Waals surface area contributed by atoms with Crippen LogP contribution < -0.4 is 10.1 Å². The van der Waals surface area contributed by atoms with Crippen LogP contribution in [0, 0.1) is 0 Å². The van der Waals surface area contributed by atoms with E-state index in [1.54, 1.807) is 13.3 Å². The van der Waals surface area contributed by atoms with E-state index >= 15 is 0 Å². The van der Waals surface area contributed by atoms with Gasteiger partial charge in [-0.05, 0) is 46.3 Å². The number of rotatable bonds is 5. The first-order valence-electron chi connectivity index (χ1n) is 7.60. The molecule has 0 unspecified atom stereocenters. The summed E-state index contributed by atoms with van der Waals surface area (Å²) >= 11 is 6.06. The molecule has 1 saturated heterocycles. The third kappa shape index (κ3) is 3.88. The summed E-state index contributed by atoms with van der Waals surface area (Å²) in [6.45, 7) is 8.75. The van der Waals surface area contributed by atoms with Gasteiger partial charge in [0, 0.05) is 18.3 Å². The minimum Gasteiger partial charge on any atom is -0.481 e. The molecule has 2 heterocycles. The normalized spacial score (nSPS) is 20.0. The molecule has 23 heavy (non-hydrogen) atoms. The fourth-order valence-electron chi connectivity index (χ4n) is 2.32. The molecular weight excluding hydrogens is 314 g/mol. The van der Waals surface area contributed by atoms with Crippen LogP contribution >= 0.6 is 11.6 Å². The predicted molar refractivity (Wildman–Crippen MR) is 93.8 cm³/mol. The van der Waals surface area contributed by atoms with Crippen LogP contribution in [0.1, 0.15) is 33.3 Å². The van der Waals surface area contributed by atoms with Gasteiger partial charge < -0.3 is 19.4 Å². The third-order valence-electron chi connectivity index (χ3n) is 4.32. The molecule has 0 aromatic carbocycles. The van der Waals surface area contributed by atoms with Gasteiger partial charge in [-0.2, -0.15) is 0 Å². The highest BCUT2D eigenvalue weighted by molar-refractivity contribution is 6.56. The summed E-state index contributed by atoms with van der Waals surface area (Å²) < 4.78 is 17.6. The van der Waals surface area contributed by atoms with E-state index in [-0.39, 0.29) is 11.2 Å². The highest BCUT2D eigenvalue weighted by Gasteiger charge is 2.52. The molecule has 1 aromatic rings. The van der Waals surface area contributed by atoms with Crippen molar-refractivity contribution in [3.05, 3.63) is 28.3 Å². The van der Waals surface area contributed by atoms with E-state index in [1.807, 2.05) is 46.9 Å². The molecular formula is C16H24BClN2O3. The maximum atomic E-state index is 6.13. The average molecular weight is 339 g/mol. The Labute approximate surface area is 143 Å². The number of halogens is 1. The lowest BCUT2D eigenvalue weighted by Gasteiger charge is -2.32. The van der Waals surface area contributed by atoms with Gasteiger partial charge in [0.2, 0.25) is 5.88 Å². The van der Waals surface area contributed by atoms with Crippen molar-refractivity contribution in [3.63, 3.8) is 0 Å². The number of pyridine rings is 1. The van der Waals surface area contributed by atoms with Gasteiger partial charge in [0.15, 0.2) is 0 Å². The molecule has 1 aliphatic rings. The van der Waals surface area contributed by atoms with Crippen molar-refractivity contribution in [2.45, 2.75) is 38.9 Å². The minimum atomic E-state index is -0.434. The SMILES string of the molecule is CNCC(=Cc1cc(Cl)cnc1OC)B1OC(C)(C)C(C)(C)O1. The van der Waals surface area contributed by atoms with E-state index < -0.39 is 7.12 Å². The molecule has 0 saturated carbocycles. The van der Waals surface area contributed by atoms with Crippen LogP contribution in [0.5, 0.6) is 5.88 Å². The Kier molecular flexibility index (Phi) is 5.41. The first-order valence-corrected chi connectivity index (χ1v) is 7.98. The smallest absolute Gasteiger partial charge is 0.481 e. The van der Waals surface area contributed by atoms with E-state index in [2.05, 4.69) is 10.3 Å². The summed E-state index contributed by atoms with van der Waals surface area (Å²) in [7, 11) is 3.03. The number of likely N-dealkylation sites (N-methyl/N-ethyl adjacent to an activating group) is 1. The number of methoxy groups -OCH3 is 1. The highest BCUT2D eigenvalue weighted by atomic mass is 35.5. The zero-order valence-electron chi connectivity index (χ0n) is 14.6. The van der Waals surface area contributed by atoms with Gasteiger partial charge in [-0.15, -0.1) is 0 Å². The van der Waals surface area contributed by atoms with Crippen LogP contribution in [0.15, 0.2) is 17.7 Å². The Balaban J connectivity index is 2.38. The fraction of sp³-hybridized carbons (Fsp3) is 0.562. The van der Waals surface area contributed by atoms with Crippen LogP contribution in [0.2, 0.25) is 5.02 Å². The second kappa shape index (κ2) is 6.81. The van der Waals surface area contributed by atoms with E-state index in [9.17, 15) is 0 Å². The predicted octanol–water partition coefficient (Wildman–Crippen LogP) is 2.98. The fourth-order valence-corrected chi connectivity index (χ4v) is 2.48. The maximum absolute atomic E-state index is 6.13.